The SMILES string of the molecule is CCCCC(CC)CONCCC(n1ccnc1)n1ccnc1. The third kappa shape index (κ3) is 5.80. The van der Waals surface area contributed by atoms with Crippen molar-refractivity contribution in [2.75, 3.05) is 13.2 Å². The molecule has 6 heteroatoms. The van der Waals surface area contributed by atoms with E-state index in [2.05, 4.69) is 38.4 Å². The first-order valence-electron chi connectivity index (χ1n) is 8.64. The Kier molecular flexibility index (Phi) is 7.83. The van der Waals surface area contributed by atoms with Crippen LogP contribution in [-0.2, 0) is 4.84 Å². The number of unbranched alkanes of at least 4 members (excludes halogenated alkanes) is 1. The molecule has 0 saturated carbocycles. The molecule has 0 aromatic carbocycles. The summed E-state index contributed by atoms with van der Waals surface area (Å²) >= 11 is 0. The van der Waals surface area contributed by atoms with Crippen LogP contribution < -0.4 is 5.48 Å². The van der Waals surface area contributed by atoms with Gasteiger partial charge in [-0.1, -0.05) is 33.1 Å². The first-order chi connectivity index (χ1) is 11.3. The maximum atomic E-state index is 5.67. The highest BCUT2D eigenvalue weighted by Crippen LogP contribution is 2.14. The van der Waals surface area contributed by atoms with Crippen LogP contribution in [0.3, 0.4) is 0 Å². The smallest absolute Gasteiger partial charge is 0.113 e. The molecule has 0 fully saturated rings. The summed E-state index contributed by atoms with van der Waals surface area (Å²) in [7, 11) is 0. The lowest BCUT2D eigenvalue weighted by Gasteiger charge is -2.20. The van der Waals surface area contributed by atoms with Crippen LogP contribution in [0.4, 0.5) is 0 Å². The Bertz CT molecular complexity index is 463. The molecule has 0 amide bonds. The van der Waals surface area contributed by atoms with Crippen molar-refractivity contribution in [3.63, 3.8) is 0 Å². The van der Waals surface area contributed by atoms with Gasteiger partial charge in [0.2, 0.25) is 0 Å². The Morgan fingerprint density at radius 2 is 1.74 bits per heavy atom. The molecule has 0 spiro atoms. The molecule has 0 bridgehead atoms. The summed E-state index contributed by atoms with van der Waals surface area (Å²) < 4.78 is 4.17. The van der Waals surface area contributed by atoms with E-state index in [0.717, 1.165) is 19.6 Å². The second-order valence-electron chi connectivity index (χ2n) is 5.91. The number of aromatic nitrogens is 4. The molecule has 2 heterocycles. The number of hydroxylamine groups is 1. The maximum absolute atomic E-state index is 5.67. The van der Waals surface area contributed by atoms with Crippen molar-refractivity contribution in [1.82, 2.24) is 24.6 Å². The lowest BCUT2D eigenvalue weighted by Crippen LogP contribution is -2.25. The van der Waals surface area contributed by atoms with Crippen molar-refractivity contribution in [3.05, 3.63) is 37.4 Å². The van der Waals surface area contributed by atoms with E-state index >= 15 is 0 Å². The number of nitrogens with one attached hydrogen (secondary N) is 1. The van der Waals surface area contributed by atoms with E-state index in [9.17, 15) is 0 Å². The van der Waals surface area contributed by atoms with Gasteiger partial charge in [-0.2, -0.15) is 0 Å². The summed E-state index contributed by atoms with van der Waals surface area (Å²) in [5, 5.41) is 0. The van der Waals surface area contributed by atoms with Crippen LogP contribution in [0.5, 0.6) is 0 Å². The molecule has 1 unspecified atom stereocenters. The molecule has 0 aliphatic carbocycles. The van der Waals surface area contributed by atoms with E-state index in [1.165, 1.54) is 25.7 Å². The largest absolute Gasteiger partial charge is 0.316 e. The minimum Gasteiger partial charge on any atom is -0.316 e. The summed E-state index contributed by atoms with van der Waals surface area (Å²) in [6, 6.07) is 0. The minimum absolute atomic E-state index is 0.165. The molecular formula is C17H29N5O. The molecular weight excluding hydrogens is 290 g/mol. The van der Waals surface area contributed by atoms with Crippen LogP contribution in [-0.4, -0.2) is 32.3 Å². The summed E-state index contributed by atoms with van der Waals surface area (Å²) in [5.41, 5.74) is 3.11. The van der Waals surface area contributed by atoms with Crippen molar-refractivity contribution in [3.8, 4) is 0 Å². The first-order valence-corrected chi connectivity index (χ1v) is 8.64. The van der Waals surface area contributed by atoms with E-state index in [-0.39, 0.29) is 6.17 Å². The van der Waals surface area contributed by atoms with E-state index in [1.54, 1.807) is 12.4 Å². The second kappa shape index (κ2) is 10.2. The number of rotatable bonds is 12. The number of nitrogens with zero attached hydrogens (tertiary/aromatic N) is 4. The Hall–Kier alpha value is -1.66. The fraction of sp³-hybridized carbons (Fsp3) is 0.647. The zero-order chi connectivity index (χ0) is 16.3. The third-order valence-electron chi connectivity index (χ3n) is 4.21. The number of hydrogen-bond donors (Lipinski definition) is 1. The molecule has 1 atom stereocenters. The van der Waals surface area contributed by atoms with Crippen LogP contribution in [0.1, 0.15) is 52.1 Å². The normalized spacial score (nSPS) is 12.8. The lowest BCUT2D eigenvalue weighted by atomic mass is 10.0. The third-order valence-corrected chi connectivity index (χ3v) is 4.21. The predicted octanol–water partition coefficient (Wildman–Crippen LogP) is 3.25. The van der Waals surface area contributed by atoms with Gasteiger partial charge in [0, 0.05) is 37.8 Å². The molecule has 128 valence electrons. The quantitative estimate of drug-likeness (QED) is 0.482. The zero-order valence-electron chi connectivity index (χ0n) is 14.3. The summed E-state index contributed by atoms with van der Waals surface area (Å²) in [4.78, 5) is 13.9. The van der Waals surface area contributed by atoms with Gasteiger partial charge in [0.1, 0.15) is 6.17 Å². The van der Waals surface area contributed by atoms with Gasteiger partial charge in [0.15, 0.2) is 0 Å². The van der Waals surface area contributed by atoms with Gasteiger partial charge in [-0.15, -0.1) is 0 Å². The van der Waals surface area contributed by atoms with E-state index in [1.807, 2.05) is 25.0 Å². The van der Waals surface area contributed by atoms with Crippen LogP contribution in [0, 0.1) is 5.92 Å². The molecule has 0 saturated heterocycles. The number of hydrogen-bond acceptors (Lipinski definition) is 4. The highest BCUT2D eigenvalue weighted by Gasteiger charge is 2.12. The van der Waals surface area contributed by atoms with E-state index < -0.39 is 0 Å². The molecule has 23 heavy (non-hydrogen) atoms. The topological polar surface area (TPSA) is 56.9 Å². The van der Waals surface area contributed by atoms with Crippen molar-refractivity contribution >= 4 is 0 Å². The van der Waals surface area contributed by atoms with Gasteiger partial charge in [-0.25, -0.2) is 15.4 Å². The van der Waals surface area contributed by atoms with E-state index in [0.29, 0.717) is 5.92 Å². The van der Waals surface area contributed by atoms with Crippen LogP contribution in [0.2, 0.25) is 0 Å². The summed E-state index contributed by atoms with van der Waals surface area (Å²) in [6.45, 7) is 6.04. The molecule has 2 aromatic rings. The van der Waals surface area contributed by atoms with Crippen LogP contribution >= 0.6 is 0 Å². The Balaban J connectivity index is 1.73. The molecule has 2 rings (SSSR count). The molecule has 6 nitrogen and oxygen atoms in total. The van der Waals surface area contributed by atoms with Gasteiger partial charge in [0.25, 0.3) is 0 Å². The minimum atomic E-state index is 0.165. The van der Waals surface area contributed by atoms with Crippen molar-refractivity contribution in [2.24, 2.45) is 5.92 Å². The van der Waals surface area contributed by atoms with Crippen LogP contribution in [0.25, 0.3) is 0 Å². The van der Waals surface area contributed by atoms with Crippen molar-refractivity contribution in [2.45, 2.75) is 52.1 Å². The second-order valence-corrected chi connectivity index (χ2v) is 5.91. The standard InChI is InChI=1S/C17H29N5O/c1-3-5-6-16(4-2)13-23-20-8-7-17(21-11-9-18-14-21)22-12-10-19-15-22/h9-12,14-17,20H,3-8,13H2,1-2H3. The fourth-order valence-electron chi connectivity index (χ4n) is 2.68. The van der Waals surface area contributed by atoms with E-state index in [4.69, 9.17) is 4.84 Å². The predicted molar refractivity (Wildman–Crippen MR) is 90.8 cm³/mol. The highest BCUT2D eigenvalue weighted by molar-refractivity contribution is 4.86. The molecule has 0 aliphatic rings. The van der Waals surface area contributed by atoms with Gasteiger partial charge in [0.05, 0.1) is 19.3 Å². The zero-order valence-corrected chi connectivity index (χ0v) is 14.3. The average Bonchev–Trinajstić information content (AvgIpc) is 3.27. The molecule has 1 N–H and O–H groups in total. The van der Waals surface area contributed by atoms with Crippen LogP contribution in [0.15, 0.2) is 37.4 Å². The lowest BCUT2D eigenvalue weighted by molar-refractivity contribution is 0.0113. The Morgan fingerprint density at radius 1 is 1.04 bits per heavy atom. The highest BCUT2D eigenvalue weighted by atomic mass is 16.6. The molecule has 2 aromatic heterocycles. The van der Waals surface area contributed by atoms with Gasteiger partial charge >= 0.3 is 0 Å². The Labute approximate surface area is 138 Å². The van der Waals surface area contributed by atoms with Crippen molar-refractivity contribution < 1.29 is 4.84 Å². The van der Waals surface area contributed by atoms with Gasteiger partial charge in [-0.05, 0) is 12.3 Å². The summed E-state index contributed by atoms with van der Waals surface area (Å²) in [5.74, 6) is 0.653. The maximum Gasteiger partial charge on any atom is 0.113 e. The van der Waals surface area contributed by atoms with Crippen molar-refractivity contribution in [1.29, 1.82) is 0 Å². The monoisotopic (exact) mass is 319 g/mol. The first kappa shape index (κ1) is 17.7. The Morgan fingerprint density at radius 3 is 2.26 bits per heavy atom. The molecule has 0 aliphatic heterocycles. The molecule has 0 radical (unpaired) electrons. The van der Waals surface area contributed by atoms with Gasteiger partial charge in [-0.3, -0.25) is 0 Å². The fourth-order valence-corrected chi connectivity index (χ4v) is 2.68. The average molecular weight is 319 g/mol. The van der Waals surface area contributed by atoms with Gasteiger partial charge < -0.3 is 14.0 Å². The number of imidazole rings is 2. The summed E-state index contributed by atoms with van der Waals surface area (Å²) in [6.07, 6.45) is 17.2.